The van der Waals surface area contributed by atoms with E-state index in [4.69, 9.17) is 11.6 Å². The van der Waals surface area contributed by atoms with Gasteiger partial charge in [-0.05, 0) is 50.4 Å². The molecular formula is C13H21Cl. The van der Waals surface area contributed by atoms with E-state index in [-0.39, 0.29) is 0 Å². The highest BCUT2D eigenvalue weighted by Crippen LogP contribution is 2.39. The Labute approximate surface area is 92.7 Å². The van der Waals surface area contributed by atoms with Crippen LogP contribution in [-0.2, 0) is 0 Å². The number of hydrogen-bond donors (Lipinski definition) is 0. The molecule has 0 saturated heterocycles. The Morgan fingerprint density at radius 3 is 2.43 bits per heavy atom. The number of halogens is 1. The first-order chi connectivity index (χ1) is 6.79. The Morgan fingerprint density at radius 2 is 1.93 bits per heavy atom. The van der Waals surface area contributed by atoms with Crippen molar-refractivity contribution in [2.45, 2.75) is 57.2 Å². The third-order valence-electron chi connectivity index (χ3n) is 4.05. The van der Waals surface area contributed by atoms with Crippen LogP contribution < -0.4 is 0 Å². The average molecular weight is 213 g/mol. The van der Waals surface area contributed by atoms with Gasteiger partial charge in [-0.2, -0.15) is 0 Å². The summed E-state index contributed by atoms with van der Waals surface area (Å²) in [4.78, 5) is 0. The predicted molar refractivity (Wildman–Crippen MR) is 62.7 cm³/mol. The van der Waals surface area contributed by atoms with Crippen molar-refractivity contribution in [2.24, 2.45) is 11.8 Å². The van der Waals surface area contributed by atoms with Crippen LogP contribution in [-0.4, -0.2) is 5.38 Å². The second-order valence-electron chi connectivity index (χ2n) is 4.92. The minimum atomic E-state index is 0.342. The molecule has 0 nitrogen and oxygen atoms in total. The SMILES string of the molecule is CCC1CCC(C2=CC(Cl)CC2)CC1. The first-order valence-corrected chi connectivity index (χ1v) is 6.58. The van der Waals surface area contributed by atoms with E-state index in [0.717, 1.165) is 11.8 Å². The van der Waals surface area contributed by atoms with Crippen molar-refractivity contribution in [1.29, 1.82) is 0 Å². The van der Waals surface area contributed by atoms with Crippen LogP contribution in [0, 0.1) is 11.8 Å². The van der Waals surface area contributed by atoms with Gasteiger partial charge in [-0.15, -0.1) is 11.6 Å². The molecule has 1 saturated carbocycles. The zero-order valence-corrected chi connectivity index (χ0v) is 9.89. The van der Waals surface area contributed by atoms with E-state index in [0.29, 0.717) is 5.38 Å². The lowest BCUT2D eigenvalue weighted by molar-refractivity contribution is 0.292. The molecule has 2 aliphatic carbocycles. The van der Waals surface area contributed by atoms with Crippen molar-refractivity contribution >= 4 is 11.6 Å². The molecule has 0 bridgehead atoms. The van der Waals surface area contributed by atoms with E-state index in [9.17, 15) is 0 Å². The molecular weight excluding hydrogens is 192 g/mol. The molecule has 0 aromatic heterocycles. The van der Waals surface area contributed by atoms with Gasteiger partial charge in [0.1, 0.15) is 0 Å². The van der Waals surface area contributed by atoms with Gasteiger partial charge in [0, 0.05) is 0 Å². The van der Waals surface area contributed by atoms with Crippen LogP contribution in [0.3, 0.4) is 0 Å². The number of alkyl halides is 1. The number of allylic oxidation sites excluding steroid dienone is 2. The van der Waals surface area contributed by atoms with E-state index >= 15 is 0 Å². The van der Waals surface area contributed by atoms with E-state index in [2.05, 4.69) is 13.0 Å². The highest BCUT2D eigenvalue weighted by Gasteiger charge is 2.25. The molecule has 0 heterocycles. The van der Waals surface area contributed by atoms with Gasteiger partial charge in [0.15, 0.2) is 0 Å². The van der Waals surface area contributed by atoms with Crippen LogP contribution in [0.15, 0.2) is 11.6 Å². The zero-order valence-electron chi connectivity index (χ0n) is 9.14. The molecule has 2 aliphatic rings. The zero-order chi connectivity index (χ0) is 9.97. The van der Waals surface area contributed by atoms with Crippen LogP contribution in [0.25, 0.3) is 0 Å². The molecule has 0 aromatic rings. The second-order valence-corrected chi connectivity index (χ2v) is 5.48. The summed E-state index contributed by atoms with van der Waals surface area (Å²) in [5, 5.41) is 0.342. The first-order valence-electron chi connectivity index (χ1n) is 6.14. The molecule has 0 aromatic carbocycles. The number of rotatable bonds is 2. The molecule has 1 unspecified atom stereocenters. The topological polar surface area (TPSA) is 0 Å². The Hall–Kier alpha value is 0.0300. The molecule has 0 aliphatic heterocycles. The predicted octanol–water partition coefficient (Wildman–Crippen LogP) is 4.53. The fourth-order valence-corrected chi connectivity index (χ4v) is 3.26. The van der Waals surface area contributed by atoms with Crippen LogP contribution in [0.1, 0.15) is 51.9 Å². The van der Waals surface area contributed by atoms with Gasteiger partial charge >= 0.3 is 0 Å². The van der Waals surface area contributed by atoms with Gasteiger partial charge in [-0.1, -0.05) is 25.0 Å². The van der Waals surface area contributed by atoms with Gasteiger partial charge < -0.3 is 0 Å². The van der Waals surface area contributed by atoms with E-state index < -0.39 is 0 Å². The van der Waals surface area contributed by atoms with Gasteiger partial charge in [0.2, 0.25) is 0 Å². The monoisotopic (exact) mass is 212 g/mol. The summed E-state index contributed by atoms with van der Waals surface area (Å²) in [6.07, 6.45) is 11.9. The van der Waals surface area contributed by atoms with Crippen LogP contribution in [0.2, 0.25) is 0 Å². The maximum absolute atomic E-state index is 6.11. The summed E-state index contributed by atoms with van der Waals surface area (Å²) in [6, 6.07) is 0. The Kier molecular flexibility index (Phi) is 3.54. The van der Waals surface area contributed by atoms with Gasteiger partial charge in [0.25, 0.3) is 0 Å². The third kappa shape index (κ3) is 2.34. The van der Waals surface area contributed by atoms with Crippen molar-refractivity contribution in [3.05, 3.63) is 11.6 Å². The van der Waals surface area contributed by atoms with Crippen molar-refractivity contribution in [1.82, 2.24) is 0 Å². The van der Waals surface area contributed by atoms with E-state index in [1.165, 1.54) is 44.9 Å². The highest BCUT2D eigenvalue weighted by atomic mass is 35.5. The summed E-state index contributed by atoms with van der Waals surface area (Å²) in [5.41, 5.74) is 1.68. The van der Waals surface area contributed by atoms with Crippen LogP contribution in [0.5, 0.6) is 0 Å². The molecule has 0 spiro atoms. The molecule has 1 atom stereocenters. The Balaban J connectivity index is 1.86. The minimum absolute atomic E-state index is 0.342. The van der Waals surface area contributed by atoms with Crippen molar-refractivity contribution in [2.75, 3.05) is 0 Å². The molecule has 2 rings (SSSR count). The lowest BCUT2D eigenvalue weighted by Crippen LogP contribution is -2.15. The van der Waals surface area contributed by atoms with Gasteiger partial charge in [-0.3, -0.25) is 0 Å². The smallest absolute Gasteiger partial charge is 0.0521 e. The molecule has 0 amide bonds. The second kappa shape index (κ2) is 4.70. The average Bonchev–Trinajstić information content (AvgIpc) is 2.65. The van der Waals surface area contributed by atoms with Crippen molar-refractivity contribution in [3.63, 3.8) is 0 Å². The maximum atomic E-state index is 6.11. The standard InChI is InChI=1S/C13H21Cl/c1-2-10-3-5-11(6-4-10)12-7-8-13(14)9-12/h9-11,13H,2-8H2,1H3. The van der Waals surface area contributed by atoms with Crippen molar-refractivity contribution < 1.29 is 0 Å². The van der Waals surface area contributed by atoms with E-state index in [1.54, 1.807) is 5.57 Å². The fourth-order valence-electron chi connectivity index (χ4n) is 2.99. The largest absolute Gasteiger partial charge is 0.118 e. The summed E-state index contributed by atoms with van der Waals surface area (Å²) in [7, 11) is 0. The normalized spacial score (nSPS) is 38.4. The first kappa shape index (κ1) is 10.5. The number of hydrogen-bond acceptors (Lipinski definition) is 0. The summed E-state index contributed by atoms with van der Waals surface area (Å²) in [6.45, 7) is 2.33. The lowest BCUT2D eigenvalue weighted by atomic mass is 9.77. The Morgan fingerprint density at radius 1 is 1.21 bits per heavy atom. The third-order valence-corrected chi connectivity index (χ3v) is 4.40. The fraction of sp³-hybridized carbons (Fsp3) is 0.846. The maximum Gasteiger partial charge on any atom is 0.0521 e. The summed E-state index contributed by atoms with van der Waals surface area (Å²) in [5.74, 6) is 1.90. The summed E-state index contributed by atoms with van der Waals surface area (Å²) < 4.78 is 0. The van der Waals surface area contributed by atoms with E-state index in [1.807, 2.05) is 0 Å². The Bertz CT molecular complexity index is 211. The van der Waals surface area contributed by atoms with Crippen LogP contribution in [0.4, 0.5) is 0 Å². The summed E-state index contributed by atoms with van der Waals surface area (Å²) >= 11 is 6.11. The van der Waals surface area contributed by atoms with Gasteiger partial charge in [-0.25, -0.2) is 0 Å². The molecule has 80 valence electrons. The molecule has 0 N–H and O–H groups in total. The van der Waals surface area contributed by atoms with Crippen molar-refractivity contribution in [3.8, 4) is 0 Å². The minimum Gasteiger partial charge on any atom is -0.118 e. The molecule has 1 heteroatoms. The van der Waals surface area contributed by atoms with Crippen LogP contribution >= 0.6 is 11.6 Å². The molecule has 14 heavy (non-hydrogen) atoms. The molecule has 1 fully saturated rings. The molecule has 0 radical (unpaired) electrons. The highest BCUT2D eigenvalue weighted by molar-refractivity contribution is 6.22. The lowest BCUT2D eigenvalue weighted by Gasteiger charge is -2.28. The quantitative estimate of drug-likeness (QED) is 0.466. The van der Waals surface area contributed by atoms with Gasteiger partial charge in [0.05, 0.1) is 5.38 Å².